The molecule has 1 atom stereocenters. The van der Waals surface area contributed by atoms with Gasteiger partial charge in [0.05, 0.1) is 20.2 Å². The van der Waals surface area contributed by atoms with Crippen LogP contribution in [0.2, 0.25) is 0 Å². The molecule has 0 spiro atoms. The van der Waals surface area contributed by atoms with E-state index in [0.29, 0.717) is 23.4 Å². The Labute approximate surface area is 190 Å². The zero-order valence-electron chi connectivity index (χ0n) is 18.5. The van der Waals surface area contributed by atoms with Gasteiger partial charge in [0.1, 0.15) is 11.3 Å². The second kappa shape index (κ2) is 8.27. The fourth-order valence-corrected chi connectivity index (χ4v) is 4.77. The van der Waals surface area contributed by atoms with Crippen LogP contribution in [0.1, 0.15) is 39.1 Å². The van der Waals surface area contributed by atoms with Crippen molar-refractivity contribution in [1.29, 1.82) is 0 Å². The zero-order chi connectivity index (χ0) is 23.0. The lowest BCUT2D eigenvalue weighted by Gasteiger charge is -2.22. The van der Waals surface area contributed by atoms with E-state index in [2.05, 4.69) is 16.0 Å². The number of methoxy groups -OCH3 is 1. The van der Waals surface area contributed by atoms with Gasteiger partial charge in [-0.2, -0.15) is 0 Å². The molecule has 0 aliphatic carbocycles. The molecular weight excluding hydrogens is 426 g/mol. The number of aromatic nitrogens is 1. The van der Waals surface area contributed by atoms with Gasteiger partial charge in [0.2, 0.25) is 0 Å². The summed E-state index contributed by atoms with van der Waals surface area (Å²) in [6.45, 7) is 5.86. The number of imide groups is 1. The molecule has 166 valence electrons. The third kappa shape index (κ3) is 3.71. The van der Waals surface area contributed by atoms with Crippen molar-refractivity contribution in [3.63, 3.8) is 0 Å². The number of benzene rings is 1. The number of ketones is 1. The smallest absolute Gasteiger partial charge is 0.325 e. The summed E-state index contributed by atoms with van der Waals surface area (Å²) in [5.74, 6) is -0.0644. The van der Waals surface area contributed by atoms with Gasteiger partial charge in [0, 0.05) is 21.8 Å². The number of Topliss-reactive ketones (excluding diaryl/α,β-unsaturated/α-hetero) is 1. The van der Waals surface area contributed by atoms with Gasteiger partial charge in [-0.05, 0) is 56.0 Å². The molecule has 1 aliphatic heterocycles. The van der Waals surface area contributed by atoms with Crippen molar-refractivity contribution in [3.05, 3.63) is 75.2 Å². The van der Waals surface area contributed by atoms with Gasteiger partial charge < -0.3 is 14.6 Å². The highest BCUT2D eigenvalue weighted by Crippen LogP contribution is 2.30. The molecule has 1 saturated heterocycles. The van der Waals surface area contributed by atoms with E-state index in [1.807, 2.05) is 31.4 Å². The molecule has 7 nitrogen and oxygen atoms in total. The maximum absolute atomic E-state index is 13.2. The molecule has 2 aromatic heterocycles. The SMILES string of the molecule is COc1ccc(C2(C)NC(=O)N(CC(=O)c3cc(C)n(Cc4cccs4)c3C)C2=O)cc1. The number of hydrogen-bond acceptors (Lipinski definition) is 5. The van der Waals surface area contributed by atoms with Crippen molar-refractivity contribution in [3.8, 4) is 5.75 Å². The zero-order valence-corrected chi connectivity index (χ0v) is 19.3. The average Bonchev–Trinajstić information content (AvgIpc) is 3.45. The second-order valence-electron chi connectivity index (χ2n) is 8.05. The Hall–Kier alpha value is -3.39. The molecule has 3 aromatic rings. The van der Waals surface area contributed by atoms with Gasteiger partial charge in [0.15, 0.2) is 5.78 Å². The predicted molar refractivity (Wildman–Crippen MR) is 122 cm³/mol. The number of hydrogen-bond donors (Lipinski definition) is 1. The molecule has 8 heteroatoms. The van der Waals surface area contributed by atoms with E-state index >= 15 is 0 Å². The number of amides is 3. The van der Waals surface area contributed by atoms with Gasteiger partial charge in [-0.25, -0.2) is 4.79 Å². The first-order valence-corrected chi connectivity index (χ1v) is 11.1. The Morgan fingerprint density at radius 3 is 2.50 bits per heavy atom. The number of thiophene rings is 1. The maximum atomic E-state index is 13.2. The average molecular weight is 452 g/mol. The van der Waals surface area contributed by atoms with Gasteiger partial charge in [-0.1, -0.05) is 18.2 Å². The van der Waals surface area contributed by atoms with Crippen molar-refractivity contribution in [1.82, 2.24) is 14.8 Å². The minimum absolute atomic E-state index is 0.266. The lowest BCUT2D eigenvalue weighted by atomic mass is 9.92. The Balaban J connectivity index is 1.54. The highest BCUT2D eigenvalue weighted by Gasteiger charge is 2.49. The van der Waals surface area contributed by atoms with Crippen molar-refractivity contribution in [2.45, 2.75) is 32.9 Å². The van der Waals surface area contributed by atoms with Gasteiger partial charge in [-0.3, -0.25) is 14.5 Å². The molecule has 4 rings (SSSR count). The summed E-state index contributed by atoms with van der Waals surface area (Å²) in [5.41, 5.74) is 1.70. The standard InChI is InChI=1S/C24H25N3O4S/c1-15-12-20(16(2)26(15)13-19-6-5-11-32-19)21(28)14-27-22(29)24(3,25-23(27)30)17-7-9-18(31-4)10-8-17/h5-12H,13-14H2,1-4H3,(H,25,30). The molecule has 0 saturated carbocycles. The second-order valence-corrected chi connectivity index (χ2v) is 9.08. The molecule has 1 aliphatic rings. The molecule has 1 fully saturated rings. The number of nitrogens with zero attached hydrogens (tertiary/aromatic N) is 2. The molecule has 1 unspecified atom stereocenters. The van der Waals surface area contributed by atoms with E-state index < -0.39 is 17.5 Å². The Bertz CT molecular complexity index is 1180. The molecule has 3 heterocycles. The monoisotopic (exact) mass is 451 g/mol. The quantitative estimate of drug-likeness (QED) is 0.437. The largest absolute Gasteiger partial charge is 0.497 e. The summed E-state index contributed by atoms with van der Waals surface area (Å²) < 4.78 is 7.24. The highest BCUT2D eigenvalue weighted by molar-refractivity contribution is 7.09. The number of aryl methyl sites for hydroxylation is 1. The maximum Gasteiger partial charge on any atom is 0.325 e. The number of urea groups is 1. The lowest BCUT2D eigenvalue weighted by molar-refractivity contribution is -0.130. The van der Waals surface area contributed by atoms with E-state index in [-0.39, 0.29) is 12.3 Å². The number of carbonyl (C=O) groups is 3. The summed E-state index contributed by atoms with van der Waals surface area (Å²) >= 11 is 1.66. The van der Waals surface area contributed by atoms with E-state index in [9.17, 15) is 14.4 Å². The van der Waals surface area contributed by atoms with Crippen LogP contribution in [0.3, 0.4) is 0 Å². The third-order valence-corrected chi connectivity index (χ3v) is 6.87. The van der Waals surface area contributed by atoms with Crippen LogP contribution in [-0.4, -0.2) is 40.8 Å². The van der Waals surface area contributed by atoms with Crippen LogP contribution in [0.5, 0.6) is 5.75 Å². The van der Waals surface area contributed by atoms with E-state index in [1.165, 1.54) is 4.88 Å². The Morgan fingerprint density at radius 2 is 1.88 bits per heavy atom. The Morgan fingerprint density at radius 1 is 1.16 bits per heavy atom. The highest BCUT2D eigenvalue weighted by atomic mass is 32.1. The van der Waals surface area contributed by atoms with Crippen molar-refractivity contribution >= 4 is 29.1 Å². The van der Waals surface area contributed by atoms with Crippen molar-refractivity contribution < 1.29 is 19.1 Å². The van der Waals surface area contributed by atoms with Crippen LogP contribution in [0, 0.1) is 13.8 Å². The first-order valence-electron chi connectivity index (χ1n) is 10.3. The molecule has 0 bridgehead atoms. The summed E-state index contributed by atoms with van der Waals surface area (Å²) in [6, 6.07) is 12.2. The predicted octanol–water partition coefficient (Wildman–Crippen LogP) is 3.87. The fourth-order valence-electron chi connectivity index (χ4n) is 4.07. The van der Waals surface area contributed by atoms with Crippen molar-refractivity contribution in [2.75, 3.05) is 13.7 Å². The van der Waals surface area contributed by atoms with E-state index in [1.54, 1.807) is 49.6 Å². The van der Waals surface area contributed by atoms with E-state index in [0.717, 1.165) is 16.3 Å². The van der Waals surface area contributed by atoms with Gasteiger partial charge in [0.25, 0.3) is 5.91 Å². The lowest BCUT2D eigenvalue weighted by Crippen LogP contribution is -2.41. The fraction of sp³-hybridized carbons (Fsp3) is 0.292. The molecule has 3 amide bonds. The van der Waals surface area contributed by atoms with E-state index in [4.69, 9.17) is 4.74 Å². The van der Waals surface area contributed by atoms with Crippen LogP contribution >= 0.6 is 11.3 Å². The summed E-state index contributed by atoms with van der Waals surface area (Å²) in [4.78, 5) is 41.1. The van der Waals surface area contributed by atoms with Crippen LogP contribution < -0.4 is 10.1 Å². The Kier molecular flexibility index (Phi) is 5.64. The minimum Gasteiger partial charge on any atom is -0.497 e. The molecular formula is C24H25N3O4S. The van der Waals surface area contributed by atoms with Crippen LogP contribution in [0.25, 0.3) is 0 Å². The van der Waals surface area contributed by atoms with Crippen LogP contribution in [-0.2, 0) is 16.9 Å². The molecule has 0 radical (unpaired) electrons. The number of ether oxygens (including phenoxy) is 1. The first kappa shape index (κ1) is 21.8. The summed E-state index contributed by atoms with van der Waals surface area (Å²) in [5, 5.41) is 4.76. The number of nitrogens with one attached hydrogen (secondary N) is 1. The normalized spacial score (nSPS) is 18.2. The summed E-state index contributed by atoms with van der Waals surface area (Å²) in [6.07, 6.45) is 0. The topological polar surface area (TPSA) is 80.6 Å². The van der Waals surface area contributed by atoms with Crippen LogP contribution in [0.15, 0.2) is 47.8 Å². The van der Waals surface area contributed by atoms with Gasteiger partial charge >= 0.3 is 6.03 Å². The van der Waals surface area contributed by atoms with Gasteiger partial charge in [-0.15, -0.1) is 11.3 Å². The number of rotatable bonds is 7. The number of carbonyl (C=O) groups excluding carboxylic acids is 3. The molecule has 1 N–H and O–H groups in total. The van der Waals surface area contributed by atoms with Crippen molar-refractivity contribution in [2.24, 2.45) is 0 Å². The summed E-state index contributed by atoms with van der Waals surface area (Å²) in [7, 11) is 1.56. The first-order chi connectivity index (χ1) is 15.2. The molecule has 1 aromatic carbocycles. The minimum atomic E-state index is -1.24. The third-order valence-electron chi connectivity index (χ3n) is 6.01. The molecule has 32 heavy (non-hydrogen) atoms. The van der Waals surface area contributed by atoms with Crippen LogP contribution in [0.4, 0.5) is 4.79 Å².